The van der Waals surface area contributed by atoms with Crippen LogP contribution in [-0.2, 0) is 4.74 Å². The number of ether oxygens (including phenoxy) is 1. The number of rotatable bonds is 3. The summed E-state index contributed by atoms with van der Waals surface area (Å²) in [6, 6.07) is 1.97. The van der Waals surface area contributed by atoms with E-state index in [2.05, 4.69) is 11.6 Å². The lowest BCUT2D eigenvalue weighted by Crippen LogP contribution is -2.27. The molecule has 0 spiro atoms. The molecule has 2 N–H and O–H groups in total. The first kappa shape index (κ1) is 12.6. The summed E-state index contributed by atoms with van der Waals surface area (Å²) in [6.07, 6.45) is 7.21. The van der Waals surface area contributed by atoms with Gasteiger partial charge in [-0.05, 0) is 30.4 Å². The van der Waals surface area contributed by atoms with E-state index in [4.69, 9.17) is 15.8 Å². The molecular weight excluding hydrogens is 228 g/mol. The summed E-state index contributed by atoms with van der Waals surface area (Å²) in [5.41, 5.74) is 1.98. The minimum absolute atomic E-state index is 0.417. The number of aromatic nitrogens is 1. The second-order valence-electron chi connectivity index (χ2n) is 4.20. The van der Waals surface area contributed by atoms with Crippen molar-refractivity contribution in [3.8, 4) is 6.19 Å². The maximum absolute atomic E-state index is 8.87. The van der Waals surface area contributed by atoms with Crippen molar-refractivity contribution in [3.63, 3.8) is 0 Å². The van der Waals surface area contributed by atoms with Crippen molar-refractivity contribution in [2.45, 2.75) is 18.8 Å². The normalized spacial score (nSPS) is 16.0. The highest BCUT2D eigenvalue weighted by molar-refractivity contribution is 5.67. The molecule has 0 aromatic carbocycles. The van der Waals surface area contributed by atoms with E-state index in [0.717, 1.165) is 42.2 Å². The van der Waals surface area contributed by atoms with Crippen LogP contribution in [0.4, 0.5) is 5.82 Å². The molecule has 0 amide bonds. The lowest BCUT2D eigenvalue weighted by Gasteiger charge is -2.25. The third kappa shape index (κ3) is 2.35. The Morgan fingerprint density at radius 1 is 1.56 bits per heavy atom. The van der Waals surface area contributed by atoms with Gasteiger partial charge in [-0.15, -0.1) is 0 Å². The number of nitrogens with two attached hydrogens (primary N) is 1. The van der Waals surface area contributed by atoms with Crippen LogP contribution in [0.15, 0.2) is 18.8 Å². The fourth-order valence-electron chi connectivity index (χ4n) is 2.29. The summed E-state index contributed by atoms with van der Waals surface area (Å²) in [4.78, 5) is 4.15. The fraction of sp³-hybridized carbons (Fsp3) is 0.385. The first-order valence-corrected chi connectivity index (χ1v) is 5.91. The molecule has 1 aliphatic rings. The highest BCUT2D eigenvalue weighted by Crippen LogP contribution is 2.32. The molecule has 5 heteroatoms. The SMILES string of the molecule is C=Cc1c(C2CCOCC2)ccnc1N(N)C#N. The van der Waals surface area contributed by atoms with Crippen molar-refractivity contribution < 1.29 is 4.74 Å². The predicted octanol–water partition coefficient (Wildman–Crippen LogP) is 1.78. The van der Waals surface area contributed by atoms with Gasteiger partial charge in [-0.25, -0.2) is 10.8 Å². The number of anilines is 1. The smallest absolute Gasteiger partial charge is 0.201 e. The summed E-state index contributed by atoms with van der Waals surface area (Å²) in [7, 11) is 0. The Hall–Kier alpha value is -1.90. The molecule has 2 rings (SSSR count). The lowest BCUT2D eigenvalue weighted by molar-refractivity contribution is 0.0853. The van der Waals surface area contributed by atoms with Gasteiger partial charge in [0.05, 0.1) is 0 Å². The van der Waals surface area contributed by atoms with E-state index in [1.54, 1.807) is 12.3 Å². The molecule has 94 valence electrons. The highest BCUT2D eigenvalue weighted by atomic mass is 16.5. The fourth-order valence-corrected chi connectivity index (χ4v) is 2.29. The van der Waals surface area contributed by atoms with E-state index in [1.807, 2.05) is 12.3 Å². The van der Waals surface area contributed by atoms with Crippen LogP contribution in [0, 0.1) is 11.5 Å². The minimum Gasteiger partial charge on any atom is -0.381 e. The van der Waals surface area contributed by atoms with Crippen LogP contribution < -0.4 is 10.9 Å². The number of nitrogens with zero attached hydrogens (tertiary/aromatic N) is 3. The monoisotopic (exact) mass is 244 g/mol. The molecule has 0 saturated carbocycles. The van der Waals surface area contributed by atoms with Gasteiger partial charge in [0.15, 0.2) is 5.82 Å². The summed E-state index contributed by atoms with van der Waals surface area (Å²) in [5.74, 6) is 6.48. The molecule has 1 aliphatic heterocycles. The predicted molar refractivity (Wildman–Crippen MR) is 69.4 cm³/mol. The average molecular weight is 244 g/mol. The maximum Gasteiger partial charge on any atom is 0.201 e. The van der Waals surface area contributed by atoms with Gasteiger partial charge in [-0.1, -0.05) is 12.7 Å². The molecule has 0 atom stereocenters. The maximum atomic E-state index is 8.87. The lowest BCUT2D eigenvalue weighted by atomic mass is 9.89. The second kappa shape index (κ2) is 5.63. The third-order valence-electron chi connectivity index (χ3n) is 3.20. The van der Waals surface area contributed by atoms with Gasteiger partial charge < -0.3 is 4.74 Å². The molecule has 0 unspecified atom stereocenters. The molecule has 2 heterocycles. The quantitative estimate of drug-likeness (QED) is 0.379. The van der Waals surface area contributed by atoms with Crippen LogP contribution in [-0.4, -0.2) is 18.2 Å². The van der Waals surface area contributed by atoms with Crippen LogP contribution in [0.3, 0.4) is 0 Å². The van der Waals surface area contributed by atoms with Gasteiger partial charge in [0.1, 0.15) is 0 Å². The van der Waals surface area contributed by atoms with Crippen LogP contribution in [0.1, 0.15) is 29.9 Å². The van der Waals surface area contributed by atoms with E-state index in [0.29, 0.717) is 11.7 Å². The van der Waals surface area contributed by atoms with Gasteiger partial charge in [0.2, 0.25) is 6.19 Å². The topological polar surface area (TPSA) is 75.2 Å². The van der Waals surface area contributed by atoms with Gasteiger partial charge in [0.25, 0.3) is 0 Å². The molecule has 1 fully saturated rings. The zero-order chi connectivity index (χ0) is 13.0. The van der Waals surface area contributed by atoms with Crippen molar-refractivity contribution in [1.29, 1.82) is 5.26 Å². The van der Waals surface area contributed by atoms with E-state index >= 15 is 0 Å². The summed E-state index contributed by atoms with van der Waals surface area (Å²) < 4.78 is 5.36. The molecule has 0 radical (unpaired) electrons. The zero-order valence-electron chi connectivity index (χ0n) is 10.2. The second-order valence-corrected chi connectivity index (χ2v) is 4.20. The number of pyridine rings is 1. The van der Waals surface area contributed by atoms with Crippen molar-refractivity contribution >= 4 is 11.9 Å². The Labute approximate surface area is 106 Å². The number of nitriles is 1. The number of hydrogen-bond donors (Lipinski definition) is 1. The van der Waals surface area contributed by atoms with Crippen LogP contribution >= 0.6 is 0 Å². The van der Waals surface area contributed by atoms with Gasteiger partial charge in [-0.3, -0.25) is 0 Å². The van der Waals surface area contributed by atoms with Crippen LogP contribution in [0.25, 0.3) is 6.08 Å². The number of hydrazine groups is 1. The van der Waals surface area contributed by atoms with Crippen LogP contribution in [0.5, 0.6) is 0 Å². The van der Waals surface area contributed by atoms with Gasteiger partial charge in [0, 0.05) is 25.0 Å². The van der Waals surface area contributed by atoms with E-state index in [1.165, 1.54) is 0 Å². The molecule has 0 aliphatic carbocycles. The third-order valence-corrected chi connectivity index (χ3v) is 3.20. The molecule has 5 nitrogen and oxygen atoms in total. The molecule has 18 heavy (non-hydrogen) atoms. The largest absolute Gasteiger partial charge is 0.381 e. The van der Waals surface area contributed by atoms with Crippen molar-refractivity contribution in [2.75, 3.05) is 18.2 Å². The first-order chi connectivity index (χ1) is 8.77. The molecular formula is C13H16N4O. The molecule has 1 aromatic heterocycles. The molecule has 0 bridgehead atoms. The summed E-state index contributed by atoms with van der Waals surface area (Å²) >= 11 is 0. The van der Waals surface area contributed by atoms with Crippen molar-refractivity contribution in [2.24, 2.45) is 5.84 Å². The molecule has 1 saturated heterocycles. The summed E-state index contributed by atoms with van der Waals surface area (Å²) in [6.45, 7) is 5.34. The Morgan fingerprint density at radius 3 is 2.89 bits per heavy atom. The zero-order valence-corrected chi connectivity index (χ0v) is 10.2. The van der Waals surface area contributed by atoms with E-state index < -0.39 is 0 Å². The Morgan fingerprint density at radius 2 is 2.28 bits per heavy atom. The minimum atomic E-state index is 0.417. The van der Waals surface area contributed by atoms with Crippen molar-refractivity contribution in [3.05, 3.63) is 30.0 Å². The Kier molecular flexibility index (Phi) is 3.92. The van der Waals surface area contributed by atoms with E-state index in [-0.39, 0.29) is 0 Å². The molecule has 1 aromatic rings. The highest BCUT2D eigenvalue weighted by Gasteiger charge is 2.21. The van der Waals surface area contributed by atoms with E-state index in [9.17, 15) is 0 Å². The van der Waals surface area contributed by atoms with Gasteiger partial charge in [-0.2, -0.15) is 10.3 Å². The van der Waals surface area contributed by atoms with Gasteiger partial charge >= 0.3 is 0 Å². The van der Waals surface area contributed by atoms with Crippen LogP contribution in [0.2, 0.25) is 0 Å². The Balaban J connectivity index is 2.41. The summed E-state index contributed by atoms with van der Waals surface area (Å²) in [5, 5.41) is 9.84. The number of hydrogen-bond acceptors (Lipinski definition) is 5. The standard InChI is InChI=1S/C13H16N4O/c1-2-11-12(10-4-7-18-8-5-10)3-6-16-13(11)17(15)9-14/h2-3,6,10H,1,4-5,7-8,15H2. The average Bonchev–Trinajstić information content (AvgIpc) is 2.46. The Bertz CT molecular complexity index is 474. The van der Waals surface area contributed by atoms with Crippen molar-refractivity contribution in [1.82, 2.24) is 4.98 Å². The first-order valence-electron chi connectivity index (χ1n) is 5.91.